The molecule has 4 aliphatic rings. The lowest BCUT2D eigenvalue weighted by molar-refractivity contribution is -0.346. The minimum Gasteiger partial charge on any atom is -0.507 e. The largest absolute Gasteiger partial charge is 0.507 e. The average Bonchev–Trinajstić information content (AvgIpc) is 3.39. The van der Waals surface area contributed by atoms with E-state index < -0.39 is 23.1 Å². The Labute approximate surface area is 170 Å². The number of aliphatic hydroxyl groups excluding tert-OH is 1. The molecule has 3 saturated heterocycles. The molecule has 7 heteroatoms. The highest BCUT2D eigenvalue weighted by Gasteiger charge is 2.65. The van der Waals surface area contributed by atoms with Gasteiger partial charge in [-0.15, -0.1) is 0 Å². The molecular weight excluding hydrogens is 374 g/mol. The number of amides is 1. The van der Waals surface area contributed by atoms with Crippen LogP contribution in [0.25, 0.3) is 0 Å². The first-order chi connectivity index (χ1) is 13.7. The van der Waals surface area contributed by atoms with E-state index in [1.807, 2.05) is 13.8 Å². The molecule has 2 N–H and O–H groups in total. The van der Waals surface area contributed by atoms with Gasteiger partial charge in [-0.2, -0.15) is 0 Å². The maximum Gasteiger partial charge on any atom is 0.259 e. The summed E-state index contributed by atoms with van der Waals surface area (Å²) < 4.78 is 18.2. The van der Waals surface area contributed by atoms with Crippen molar-refractivity contribution in [1.29, 1.82) is 0 Å². The van der Waals surface area contributed by atoms with Crippen LogP contribution in [0.4, 0.5) is 0 Å². The number of epoxide rings is 1. The smallest absolute Gasteiger partial charge is 0.259 e. The zero-order chi connectivity index (χ0) is 21.0. The van der Waals surface area contributed by atoms with Gasteiger partial charge in [0.25, 0.3) is 5.91 Å². The first kappa shape index (κ1) is 20.1. The van der Waals surface area contributed by atoms with E-state index in [1.54, 1.807) is 6.08 Å². The Morgan fingerprint density at radius 1 is 1.34 bits per heavy atom. The van der Waals surface area contributed by atoms with Crippen LogP contribution in [0.5, 0.6) is 0 Å². The lowest BCUT2D eigenvalue weighted by Crippen LogP contribution is -2.61. The van der Waals surface area contributed by atoms with Crippen LogP contribution >= 0.6 is 0 Å². The van der Waals surface area contributed by atoms with E-state index in [0.717, 1.165) is 5.57 Å². The topological polar surface area (TPSA) is 97.4 Å². The lowest BCUT2D eigenvalue weighted by Gasteiger charge is -2.51. The van der Waals surface area contributed by atoms with Crippen molar-refractivity contribution in [2.24, 2.45) is 11.8 Å². The van der Waals surface area contributed by atoms with Gasteiger partial charge in [0.15, 0.2) is 11.4 Å². The van der Waals surface area contributed by atoms with Crippen LogP contribution in [0.15, 0.2) is 47.3 Å². The summed E-state index contributed by atoms with van der Waals surface area (Å²) in [5, 5.41) is 12.5. The maximum atomic E-state index is 11.7. The Balaban J connectivity index is 1.49. The zero-order valence-electron chi connectivity index (χ0n) is 17.1. The molecule has 2 bridgehead atoms. The van der Waals surface area contributed by atoms with Crippen molar-refractivity contribution in [2.75, 3.05) is 13.2 Å². The summed E-state index contributed by atoms with van der Waals surface area (Å²) in [6, 6.07) is 0. The fourth-order valence-corrected chi connectivity index (χ4v) is 4.37. The maximum absolute atomic E-state index is 11.7. The van der Waals surface area contributed by atoms with Crippen molar-refractivity contribution in [3.05, 3.63) is 47.3 Å². The Morgan fingerprint density at radius 3 is 2.69 bits per heavy atom. The summed E-state index contributed by atoms with van der Waals surface area (Å²) in [6.07, 6.45) is 9.18. The van der Waals surface area contributed by atoms with Gasteiger partial charge in [0, 0.05) is 11.8 Å². The molecule has 1 spiro atoms. The molecule has 0 aromatic heterocycles. The molecule has 7 nitrogen and oxygen atoms in total. The standard InChI is InChI=1S/C22H27NO6/c1-12(5-6-15(24)18-16(25)10-23-20(18)26)9-13(2)19-14(3)17-7-8-22(11-27-22)21(4,28-17)29-19/h5-9,13-14,17,19,24H,10-11H2,1-4H3,(H,23,26)/b6-5+,12-9+,18-15-/t13-,14+,17?,19-,21?,22-/m1/s1. The number of carbonyl (C=O) groups excluding carboxylic acids is 2. The van der Waals surface area contributed by atoms with E-state index in [2.05, 4.69) is 37.4 Å². The molecule has 4 rings (SSSR count). The van der Waals surface area contributed by atoms with Gasteiger partial charge in [-0.05, 0) is 26.0 Å². The van der Waals surface area contributed by atoms with Gasteiger partial charge in [-0.1, -0.05) is 37.6 Å². The Kier molecular flexibility index (Phi) is 4.80. The lowest BCUT2D eigenvalue weighted by atomic mass is 9.82. The van der Waals surface area contributed by atoms with Gasteiger partial charge in [-0.25, -0.2) is 0 Å². The van der Waals surface area contributed by atoms with Crippen LogP contribution in [-0.2, 0) is 23.8 Å². The summed E-state index contributed by atoms with van der Waals surface area (Å²) in [5.74, 6) is -1.82. The molecule has 6 atom stereocenters. The molecule has 0 radical (unpaired) electrons. The van der Waals surface area contributed by atoms with Gasteiger partial charge in [0.1, 0.15) is 11.3 Å². The number of hydrogen-bond donors (Lipinski definition) is 2. The summed E-state index contributed by atoms with van der Waals surface area (Å²) in [5.41, 5.74) is 0.221. The van der Waals surface area contributed by atoms with Crippen LogP contribution in [0.1, 0.15) is 27.7 Å². The number of carbonyl (C=O) groups is 2. The Bertz CT molecular complexity index is 847. The van der Waals surface area contributed by atoms with Crippen LogP contribution in [0.3, 0.4) is 0 Å². The summed E-state index contributed by atoms with van der Waals surface area (Å²) in [7, 11) is 0. The third-order valence-corrected chi connectivity index (χ3v) is 6.26. The second-order valence-corrected chi connectivity index (χ2v) is 8.48. The van der Waals surface area contributed by atoms with Gasteiger partial charge >= 0.3 is 0 Å². The number of allylic oxidation sites excluding steroid dienone is 3. The number of rotatable bonds is 4. The van der Waals surface area contributed by atoms with E-state index in [0.29, 0.717) is 6.61 Å². The number of fused-ring (bicyclic) bond motifs is 3. The summed E-state index contributed by atoms with van der Waals surface area (Å²) >= 11 is 0. The molecule has 4 heterocycles. The quantitative estimate of drug-likeness (QED) is 0.187. The van der Waals surface area contributed by atoms with Crippen molar-refractivity contribution in [3.8, 4) is 0 Å². The first-order valence-corrected chi connectivity index (χ1v) is 9.96. The molecule has 3 fully saturated rings. The molecule has 0 aliphatic carbocycles. The van der Waals surface area contributed by atoms with Crippen molar-refractivity contribution in [1.82, 2.24) is 5.32 Å². The highest BCUT2D eigenvalue weighted by Crippen LogP contribution is 2.51. The fourth-order valence-electron chi connectivity index (χ4n) is 4.37. The van der Waals surface area contributed by atoms with Crippen molar-refractivity contribution in [2.45, 2.75) is 51.3 Å². The predicted molar refractivity (Wildman–Crippen MR) is 105 cm³/mol. The minimum atomic E-state index is -0.797. The SMILES string of the molecule is CC(/C=C/C(O)=C1\C(=O)CNC1=O)=C\[C@@H](C)[C@H]1OC2(C)OC(C=C[C@@]23CO3)[C@@H]1C. The van der Waals surface area contributed by atoms with E-state index in [4.69, 9.17) is 14.2 Å². The number of Topliss-reactive ketones (excluding diaryl/α,β-unsaturated/α-hetero) is 1. The van der Waals surface area contributed by atoms with E-state index in [-0.39, 0.29) is 41.9 Å². The number of aliphatic hydroxyl groups is 1. The van der Waals surface area contributed by atoms with Gasteiger partial charge in [0.05, 0.1) is 25.4 Å². The Hall–Kier alpha value is -2.22. The normalized spacial score (nSPS) is 41.8. The summed E-state index contributed by atoms with van der Waals surface area (Å²) in [4.78, 5) is 23.3. The summed E-state index contributed by atoms with van der Waals surface area (Å²) in [6.45, 7) is 8.56. The third-order valence-electron chi connectivity index (χ3n) is 6.26. The molecule has 0 saturated carbocycles. The van der Waals surface area contributed by atoms with Crippen LogP contribution in [0.2, 0.25) is 0 Å². The molecule has 2 unspecified atom stereocenters. The highest BCUT2D eigenvalue weighted by molar-refractivity contribution is 6.25. The molecule has 156 valence electrons. The van der Waals surface area contributed by atoms with Crippen molar-refractivity contribution < 1.29 is 28.9 Å². The third kappa shape index (κ3) is 3.37. The number of nitrogens with one attached hydrogen (secondary N) is 1. The van der Waals surface area contributed by atoms with E-state index >= 15 is 0 Å². The van der Waals surface area contributed by atoms with E-state index in [9.17, 15) is 14.7 Å². The van der Waals surface area contributed by atoms with Crippen LogP contribution in [-0.4, -0.2) is 53.5 Å². The van der Waals surface area contributed by atoms with Crippen LogP contribution in [0, 0.1) is 11.8 Å². The Morgan fingerprint density at radius 2 is 2.07 bits per heavy atom. The highest BCUT2D eigenvalue weighted by atomic mass is 16.8. The molecule has 0 aromatic rings. The zero-order valence-corrected chi connectivity index (χ0v) is 17.1. The predicted octanol–water partition coefficient (Wildman–Crippen LogP) is 2.11. The first-order valence-electron chi connectivity index (χ1n) is 9.96. The number of ether oxygens (including phenoxy) is 3. The second-order valence-electron chi connectivity index (χ2n) is 8.48. The fraction of sp³-hybridized carbons (Fsp3) is 0.545. The average molecular weight is 401 g/mol. The number of ketones is 1. The van der Waals surface area contributed by atoms with Gasteiger partial charge in [-0.3, -0.25) is 9.59 Å². The van der Waals surface area contributed by atoms with Crippen molar-refractivity contribution >= 4 is 11.7 Å². The van der Waals surface area contributed by atoms with Gasteiger partial charge < -0.3 is 24.6 Å². The minimum absolute atomic E-state index is 0.0269. The molecule has 29 heavy (non-hydrogen) atoms. The molecular formula is C22H27NO6. The molecule has 1 amide bonds. The van der Waals surface area contributed by atoms with Crippen LogP contribution < -0.4 is 5.32 Å². The van der Waals surface area contributed by atoms with Gasteiger partial charge in [0.2, 0.25) is 5.79 Å². The molecule has 0 aromatic carbocycles. The number of hydrogen-bond acceptors (Lipinski definition) is 6. The monoisotopic (exact) mass is 401 g/mol. The second kappa shape index (κ2) is 6.93. The van der Waals surface area contributed by atoms with Crippen molar-refractivity contribution in [3.63, 3.8) is 0 Å². The molecule has 4 aliphatic heterocycles. The van der Waals surface area contributed by atoms with E-state index in [1.165, 1.54) is 6.08 Å².